The third kappa shape index (κ3) is 5.84. The molecule has 0 aromatic rings. The molecular weight excluding hydrogens is 184 g/mol. The summed E-state index contributed by atoms with van der Waals surface area (Å²) in [5.41, 5.74) is 0. The van der Waals surface area contributed by atoms with Crippen LogP contribution in [0.3, 0.4) is 0 Å². The molecule has 0 rings (SSSR count). The van der Waals surface area contributed by atoms with Crippen molar-refractivity contribution in [2.75, 3.05) is 6.61 Å². The SMILES string of the molecule is C#CC/C(=C\C(C)=O)OC(=O)OCC. The molecule has 76 valence electrons. The van der Waals surface area contributed by atoms with Crippen molar-refractivity contribution < 1.29 is 19.1 Å². The van der Waals surface area contributed by atoms with Crippen molar-refractivity contribution in [3.8, 4) is 12.3 Å². The second-order valence-corrected chi connectivity index (χ2v) is 2.39. The van der Waals surface area contributed by atoms with Gasteiger partial charge in [-0.25, -0.2) is 4.79 Å². The molecule has 14 heavy (non-hydrogen) atoms. The number of hydrogen-bond donors (Lipinski definition) is 0. The number of ketones is 1. The Kier molecular flexibility index (Phi) is 5.88. The van der Waals surface area contributed by atoms with Crippen molar-refractivity contribution in [1.82, 2.24) is 0 Å². The lowest BCUT2D eigenvalue weighted by atomic mass is 10.3. The highest BCUT2D eigenvalue weighted by Gasteiger charge is 2.07. The predicted molar refractivity (Wildman–Crippen MR) is 50.3 cm³/mol. The number of hydrogen-bond acceptors (Lipinski definition) is 4. The first-order chi connectivity index (χ1) is 6.60. The Labute approximate surface area is 82.9 Å². The first-order valence-electron chi connectivity index (χ1n) is 4.09. The van der Waals surface area contributed by atoms with Crippen molar-refractivity contribution in [3.63, 3.8) is 0 Å². The van der Waals surface area contributed by atoms with Crippen molar-refractivity contribution in [3.05, 3.63) is 11.8 Å². The van der Waals surface area contributed by atoms with Crippen LogP contribution in [0.1, 0.15) is 20.3 Å². The van der Waals surface area contributed by atoms with Gasteiger partial charge < -0.3 is 9.47 Å². The minimum absolute atomic E-state index is 0.0817. The van der Waals surface area contributed by atoms with Crippen LogP contribution in [0.5, 0.6) is 0 Å². The van der Waals surface area contributed by atoms with Crippen molar-refractivity contribution >= 4 is 11.9 Å². The zero-order valence-corrected chi connectivity index (χ0v) is 8.20. The van der Waals surface area contributed by atoms with Crippen LogP contribution in [0.15, 0.2) is 11.8 Å². The van der Waals surface area contributed by atoms with Gasteiger partial charge in [-0.1, -0.05) is 5.92 Å². The fourth-order valence-corrected chi connectivity index (χ4v) is 0.698. The smallest absolute Gasteiger partial charge is 0.434 e. The summed E-state index contributed by atoms with van der Waals surface area (Å²) < 4.78 is 9.20. The average molecular weight is 196 g/mol. The van der Waals surface area contributed by atoms with Crippen LogP contribution in [-0.2, 0) is 14.3 Å². The number of ether oxygens (including phenoxy) is 2. The fourth-order valence-electron chi connectivity index (χ4n) is 0.698. The van der Waals surface area contributed by atoms with Gasteiger partial charge >= 0.3 is 6.16 Å². The van der Waals surface area contributed by atoms with E-state index in [1.54, 1.807) is 6.92 Å². The van der Waals surface area contributed by atoms with Gasteiger partial charge in [0.2, 0.25) is 0 Å². The van der Waals surface area contributed by atoms with Gasteiger partial charge in [0.15, 0.2) is 5.78 Å². The second kappa shape index (κ2) is 6.72. The van der Waals surface area contributed by atoms with E-state index in [0.29, 0.717) is 0 Å². The van der Waals surface area contributed by atoms with E-state index in [9.17, 15) is 9.59 Å². The molecule has 0 aliphatic carbocycles. The summed E-state index contributed by atoms with van der Waals surface area (Å²) in [6, 6.07) is 0. The Balaban J connectivity index is 4.31. The van der Waals surface area contributed by atoms with Gasteiger partial charge in [0.25, 0.3) is 0 Å². The first kappa shape index (κ1) is 12.2. The number of rotatable bonds is 4. The minimum Gasteiger partial charge on any atom is -0.434 e. The van der Waals surface area contributed by atoms with Gasteiger partial charge in [0, 0.05) is 6.08 Å². The highest BCUT2D eigenvalue weighted by molar-refractivity contribution is 5.88. The van der Waals surface area contributed by atoms with E-state index in [-0.39, 0.29) is 24.6 Å². The zero-order valence-electron chi connectivity index (χ0n) is 8.20. The number of terminal acetylenes is 1. The third-order valence-electron chi connectivity index (χ3n) is 1.12. The molecule has 0 aromatic heterocycles. The summed E-state index contributed by atoms with van der Waals surface area (Å²) in [5, 5.41) is 0. The van der Waals surface area contributed by atoms with Crippen LogP contribution < -0.4 is 0 Å². The predicted octanol–water partition coefficient (Wildman–Crippen LogP) is 1.66. The molecule has 0 aromatic carbocycles. The quantitative estimate of drug-likeness (QED) is 0.297. The second-order valence-electron chi connectivity index (χ2n) is 2.39. The molecule has 0 spiro atoms. The van der Waals surface area contributed by atoms with Crippen LogP contribution in [0, 0.1) is 12.3 Å². The Morgan fingerprint density at radius 2 is 2.14 bits per heavy atom. The van der Waals surface area contributed by atoms with Crippen LogP contribution in [0.25, 0.3) is 0 Å². The maximum atomic E-state index is 10.8. The summed E-state index contributed by atoms with van der Waals surface area (Å²) in [7, 11) is 0. The van der Waals surface area contributed by atoms with E-state index >= 15 is 0 Å². The van der Waals surface area contributed by atoms with E-state index in [2.05, 4.69) is 15.4 Å². The molecule has 0 fully saturated rings. The van der Waals surface area contributed by atoms with Gasteiger partial charge in [0.1, 0.15) is 5.76 Å². The number of carbonyl (C=O) groups excluding carboxylic acids is 2. The number of carbonyl (C=O) groups is 2. The highest BCUT2D eigenvalue weighted by atomic mass is 16.7. The maximum absolute atomic E-state index is 10.8. The minimum atomic E-state index is -0.852. The lowest BCUT2D eigenvalue weighted by Gasteiger charge is -2.04. The van der Waals surface area contributed by atoms with Crippen molar-refractivity contribution in [2.45, 2.75) is 20.3 Å². The summed E-state index contributed by atoms with van der Waals surface area (Å²) in [6.45, 7) is 3.20. The van der Waals surface area contributed by atoms with Crippen molar-refractivity contribution in [2.24, 2.45) is 0 Å². The summed E-state index contributed by atoms with van der Waals surface area (Å²) >= 11 is 0. The third-order valence-corrected chi connectivity index (χ3v) is 1.12. The van der Waals surface area contributed by atoms with Crippen LogP contribution in [-0.4, -0.2) is 18.5 Å². The summed E-state index contributed by atoms with van der Waals surface area (Å²) in [4.78, 5) is 21.5. The molecule has 0 aliphatic rings. The Morgan fingerprint density at radius 1 is 1.50 bits per heavy atom. The average Bonchev–Trinajstić information content (AvgIpc) is 2.03. The lowest BCUT2D eigenvalue weighted by molar-refractivity contribution is -0.112. The molecule has 0 saturated carbocycles. The zero-order chi connectivity index (χ0) is 11.0. The van der Waals surface area contributed by atoms with Gasteiger partial charge in [-0.3, -0.25) is 4.79 Å². The molecule has 4 nitrogen and oxygen atoms in total. The number of allylic oxidation sites excluding steroid dienone is 2. The highest BCUT2D eigenvalue weighted by Crippen LogP contribution is 2.04. The topological polar surface area (TPSA) is 52.6 Å². The van der Waals surface area contributed by atoms with Crippen molar-refractivity contribution in [1.29, 1.82) is 0 Å². The van der Waals surface area contributed by atoms with E-state index in [1.807, 2.05) is 0 Å². The Bertz CT molecular complexity index is 283. The standard InChI is InChI=1S/C10H12O4/c1-4-6-9(7-8(3)11)14-10(12)13-5-2/h1,7H,5-6H2,2-3H3/b9-7+. The van der Waals surface area contributed by atoms with Gasteiger partial charge in [-0.2, -0.15) is 0 Å². The molecule has 0 aliphatic heterocycles. The maximum Gasteiger partial charge on any atom is 0.513 e. The molecule has 0 unspecified atom stereocenters. The largest absolute Gasteiger partial charge is 0.513 e. The Morgan fingerprint density at radius 3 is 2.57 bits per heavy atom. The molecular formula is C10H12O4. The Hall–Kier alpha value is -1.76. The molecule has 0 bridgehead atoms. The molecule has 0 saturated heterocycles. The molecule has 0 radical (unpaired) electrons. The first-order valence-corrected chi connectivity index (χ1v) is 4.09. The molecule has 0 amide bonds. The van der Waals surface area contributed by atoms with Gasteiger partial charge in [0.05, 0.1) is 13.0 Å². The van der Waals surface area contributed by atoms with Crippen LogP contribution in [0.4, 0.5) is 4.79 Å². The van der Waals surface area contributed by atoms with Crippen LogP contribution >= 0.6 is 0 Å². The monoisotopic (exact) mass is 196 g/mol. The summed E-state index contributed by atoms with van der Waals surface area (Å²) in [6.07, 6.45) is 5.41. The molecule has 0 heterocycles. The molecule has 4 heteroatoms. The fraction of sp³-hybridized carbons (Fsp3) is 0.400. The van der Waals surface area contributed by atoms with Gasteiger partial charge in [-0.15, -0.1) is 6.42 Å². The lowest BCUT2D eigenvalue weighted by Crippen LogP contribution is -2.07. The van der Waals surface area contributed by atoms with E-state index in [0.717, 1.165) is 6.08 Å². The van der Waals surface area contributed by atoms with E-state index in [1.165, 1.54) is 6.92 Å². The van der Waals surface area contributed by atoms with E-state index < -0.39 is 6.16 Å². The van der Waals surface area contributed by atoms with E-state index in [4.69, 9.17) is 6.42 Å². The summed E-state index contributed by atoms with van der Waals surface area (Å²) in [5.74, 6) is 2.15. The van der Waals surface area contributed by atoms with Gasteiger partial charge in [-0.05, 0) is 13.8 Å². The normalized spacial score (nSPS) is 10.2. The van der Waals surface area contributed by atoms with Crippen LogP contribution in [0.2, 0.25) is 0 Å². The molecule has 0 atom stereocenters. The molecule has 0 N–H and O–H groups in total.